The number of aryl methyl sites for hydroxylation is 1. The van der Waals surface area contributed by atoms with E-state index in [1.807, 2.05) is 55.1 Å². The molecule has 1 aliphatic heterocycles. The molecular formula is C18H23N3O2. The van der Waals surface area contributed by atoms with Gasteiger partial charge in [0.2, 0.25) is 5.91 Å². The third kappa shape index (κ3) is 3.15. The molecule has 5 heteroatoms. The average molecular weight is 313 g/mol. The Labute approximate surface area is 136 Å². The zero-order chi connectivity index (χ0) is 16.4. The quantitative estimate of drug-likeness (QED) is 0.942. The Morgan fingerprint density at radius 3 is 2.78 bits per heavy atom. The number of benzene rings is 1. The van der Waals surface area contributed by atoms with Gasteiger partial charge in [0.05, 0.1) is 17.7 Å². The third-order valence-electron chi connectivity index (χ3n) is 4.62. The molecule has 1 aliphatic rings. The van der Waals surface area contributed by atoms with Crippen molar-refractivity contribution in [1.82, 2.24) is 10.1 Å². The molecule has 2 N–H and O–H groups in total. The fraction of sp³-hybridized carbons (Fsp3) is 0.444. The van der Waals surface area contributed by atoms with Gasteiger partial charge < -0.3 is 15.2 Å². The summed E-state index contributed by atoms with van der Waals surface area (Å²) >= 11 is 0. The highest BCUT2D eigenvalue weighted by Crippen LogP contribution is 2.34. The maximum Gasteiger partial charge on any atom is 0.227 e. The third-order valence-corrected chi connectivity index (χ3v) is 4.62. The minimum absolute atomic E-state index is 0.0193. The summed E-state index contributed by atoms with van der Waals surface area (Å²) in [4.78, 5) is 14.8. The highest BCUT2D eigenvalue weighted by molar-refractivity contribution is 5.80. The zero-order valence-electron chi connectivity index (χ0n) is 13.6. The van der Waals surface area contributed by atoms with Crippen LogP contribution in [0.2, 0.25) is 0 Å². The Kier molecular flexibility index (Phi) is 4.48. The first-order chi connectivity index (χ1) is 11.1. The minimum Gasteiger partial charge on any atom is -0.359 e. The maximum absolute atomic E-state index is 12.9. The molecule has 1 amide bonds. The second-order valence-electron chi connectivity index (χ2n) is 6.29. The summed E-state index contributed by atoms with van der Waals surface area (Å²) in [6.45, 7) is 4.54. The molecule has 0 radical (unpaired) electrons. The van der Waals surface area contributed by atoms with Gasteiger partial charge in [0.1, 0.15) is 0 Å². The Balaban J connectivity index is 1.76. The standard InChI is InChI=1S/C18H23N3O2/c1-12-11-16(23-20-12)15-9-6-10-21(15)18(22)13(2)17(19)14-7-4-3-5-8-14/h3-5,7-8,11,13,15,17H,6,9-10,19H2,1-2H3. The van der Waals surface area contributed by atoms with E-state index in [1.54, 1.807) is 0 Å². The van der Waals surface area contributed by atoms with Crippen LogP contribution >= 0.6 is 0 Å². The number of hydrogen-bond acceptors (Lipinski definition) is 4. The molecule has 2 heterocycles. The highest BCUT2D eigenvalue weighted by Gasteiger charge is 2.36. The lowest BCUT2D eigenvalue weighted by atomic mass is 9.94. The Bertz CT molecular complexity index is 668. The van der Waals surface area contributed by atoms with Crippen molar-refractivity contribution < 1.29 is 9.32 Å². The van der Waals surface area contributed by atoms with Crippen LogP contribution in [0, 0.1) is 12.8 Å². The second-order valence-corrected chi connectivity index (χ2v) is 6.29. The largest absolute Gasteiger partial charge is 0.359 e. The van der Waals surface area contributed by atoms with Crippen LogP contribution in [0.25, 0.3) is 0 Å². The van der Waals surface area contributed by atoms with E-state index in [2.05, 4.69) is 5.16 Å². The summed E-state index contributed by atoms with van der Waals surface area (Å²) in [7, 11) is 0. The van der Waals surface area contributed by atoms with Crippen molar-refractivity contribution in [1.29, 1.82) is 0 Å². The number of nitrogens with two attached hydrogens (primary N) is 1. The van der Waals surface area contributed by atoms with Gasteiger partial charge in [-0.25, -0.2) is 0 Å². The van der Waals surface area contributed by atoms with E-state index < -0.39 is 0 Å². The molecule has 0 spiro atoms. The molecule has 122 valence electrons. The molecular weight excluding hydrogens is 290 g/mol. The molecule has 0 bridgehead atoms. The van der Waals surface area contributed by atoms with E-state index in [1.165, 1.54) is 0 Å². The van der Waals surface area contributed by atoms with Gasteiger partial charge in [-0.1, -0.05) is 42.4 Å². The summed E-state index contributed by atoms with van der Waals surface area (Å²) in [5.41, 5.74) is 8.14. The van der Waals surface area contributed by atoms with Crippen LogP contribution in [0.1, 0.15) is 48.9 Å². The molecule has 3 atom stereocenters. The van der Waals surface area contributed by atoms with Gasteiger partial charge in [0.25, 0.3) is 0 Å². The molecule has 3 rings (SSSR count). The topological polar surface area (TPSA) is 72.4 Å². The van der Waals surface area contributed by atoms with Crippen molar-refractivity contribution in [3.8, 4) is 0 Å². The number of carbonyl (C=O) groups is 1. The number of nitrogens with zero attached hydrogens (tertiary/aromatic N) is 2. The van der Waals surface area contributed by atoms with Gasteiger partial charge in [0, 0.05) is 18.7 Å². The monoisotopic (exact) mass is 313 g/mol. The van der Waals surface area contributed by atoms with Gasteiger partial charge in [-0.2, -0.15) is 0 Å². The molecule has 1 saturated heterocycles. The maximum atomic E-state index is 12.9. The number of rotatable bonds is 4. The summed E-state index contributed by atoms with van der Waals surface area (Å²) in [5.74, 6) is 0.578. The normalized spacial score (nSPS) is 20.5. The van der Waals surface area contributed by atoms with Crippen molar-refractivity contribution in [2.24, 2.45) is 11.7 Å². The van der Waals surface area contributed by atoms with E-state index in [9.17, 15) is 4.79 Å². The number of likely N-dealkylation sites (tertiary alicyclic amines) is 1. The number of hydrogen-bond donors (Lipinski definition) is 1. The molecule has 3 unspecified atom stereocenters. The minimum atomic E-state index is -0.304. The van der Waals surface area contributed by atoms with Gasteiger partial charge in [-0.05, 0) is 25.3 Å². The number of carbonyl (C=O) groups excluding carboxylic acids is 1. The smallest absolute Gasteiger partial charge is 0.227 e. The number of amides is 1. The fourth-order valence-electron chi connectivity index (χ4n) is 3.25. The first kappa shape index (κ1) is 15.7. The van der Waals surface area contributed by atoms with Gasteiger partial charge in [-0.15, -0.1) is 0 Å². The summed E-state index contributed by atoms with van der Waals surface area (Å²) < 4.78 is 5.38. The summed E-state index contributed by atoms with van der Waals surface area (Å²) in [6, 6.07) is 11.4. The molecule has 0 aliphatic carbocycles. The first-order valence-electron chi connectivity index (χ1n) is 8.12. The lowest BCUT2D eigenvalue weighted by molar-refractivity contribution is -0.137. The molecule has 1 aromatic heterocycles. The zero-order valence-corrected chi connectivity index (χ0v) is 13.6. The first-order valence-corrected chi connectivity index (χ1v) is 8.12. The predicted molar refractivity (Wildman–Crippen MR) is 87.5 cm³/mol. The lowest BCUT2D eigenvalue weighted by Gasteiger charge is -2.28. The van der Waals surface area contributed by atoms with Crippen molar-refractivity contribution in [2.75, 3.05) is 6.54 Å². The van der Waals surface area contributed by atoms with Crippen LogP contribution in [0.5, 0.6) is 0 Å². The fourth-order valence-corrected chi connectivity index (χ4v) is 3.25. The molecule has 5 nitrogen and oxygen atoms in total. The van der Waals surface area contributed by atoms with E-state index in [-0.39, 0.29) is 23.9 Å². The van der Waals surface area contributed by atoms with E-state index >= 15 is 0 Å². The van der Waals surface area contributed by atoms with Crippen molar-refractivity contribution >= 4 is 5.91 Å². The molecule has 1 aromatic carbocycles. The van der Waals surface area contributed by atoms with E-state index in [4.69, 9.17) is 10.3 Å². The van der Waals surface area contributed by atoms with Crippen molar-refractivity contribution in [3.05, 3.63) is 53.4 Å². The van der Waals surface area contributed by atoms with Crippen LogP contribution in [-0.2, 0) is 4.79 Å². The van der Waals surface area contributed by atoms with Crippen molar-refractivity contribution in [3.63, 3.8) is 0 Å². The molecule has 1 fully saturated rings. The van der Waals surface area contributed by atoms with Crippen LogP contribution in [-0.4, -0.2) is 22.5 Å². The molecule has 23 heavy (non-hydrogen) atoms. The predicted octanol–water partition coefficient (Wildman–Crippen LogP) is 2.98. The lowest BCUT2D eigenvalue weighted by Crippen LogP contribution is -2.39. The van der Waals surface area contributed by atoms with Crippen LogP contribution in [0.4, 0.5) is 0 Å². The van der Waals surface area contributed by atoms with Crippen molar-refractivity contribution in [2.45, 2.75) is 38.8 Å². The van der Waals surface area contributed by atoms with Gasteiger partial charge in [-0.3, -0.25) is 4.79 Å². The highest BCUT2D eigenvalue weighted by atomic mass is 16.5. The van der Waals surface area contributed by atoms with Gasteiger partial charge in [0.15, 0.2) is 5.76 Å². The summed E-state index contributed by atoms with van der Waals surface area (Å²) in [6.07, 6.45) is 1.89. The average Bonchev–Trinajstić information content (AvgIpc) is 3.22. The van der Waals surface area contributed by atoms with Crippen LogP contribution in [0.15, 0.2) is 40.9 Å². The molecule has 0 saturated carbocycles. The SMILES string of the molecule is Cc1cc(C2CCCN2C(=O)C(C)C(N)c2ccccc2)on1. The van der Waals surface area contributed by atoms with E-state index in [0.717, 1.165) is 36.4 Å². The van der Waals surface area contributed by atoms with Crippen LogP contribution < -0.4 is 5.73 Å². The Hall–Kier alpha value is -2.14. The number of aromatic nitrogens is 1. The molecule has 2 aromatic rings. The summed E-state index contributed by atoms with van der Waals surface area (Å²) in [5, 5.41) is 3.94. The van der Waals surface area contributed by atoms with Crippen LogP contribution in [0.3, 0.4) is 0 Å². The Morgan fingerprint density at radius 2 is 2.13 bits per heavy atom. The Morgan fingerprint density at radius 1 is 1.39 bits per heavy atom. The second kappa shape index (κ2) is 6.54. The van der Waals surface area contributed by atoms with E-state index in [0.29, 0.717) is 0 Å². The van der Waals surface area contributed by atoms with Gasteiger partial charge >= 0.3 is 0 Å².